The number of carbonyl (C=O) groups excluding carboxylic acids is 3. The number of furan rings is 1. The van der Waals surface area contributed by atoms with E-state index in [0.717, 1.165) is 5.39 Å². The number of hydrogen-bond donors (Lipinski definition) is 2. The Bertz CT molecular complexity index is 824. The van der Waals surface area contributed by atoms with Crippen LogP contribution in [-0.4, -0.2) is 42.4 Å². The summed E-state index contributed by atoms with van der Waals surface area (Å²) in [6.45, 7) is 5.65. The Morgan fingerprint density at radius 3 is 2.63 bits per heavy atom. The number of para-hydroxylation sites is 1. The van der Waals surface area contributed by atoms with Gasteiger partial charge in [-0.15, -0.1) is 0 Å². The van der Waals surface area contributed by atoms with Crippen LogP contribution < -0.4 is 10.6 Å². The van der Waals surface area contributed by atoms with Gasteiger partial charge in [0.1, 0.15) is 24.3 Å². The number of carbonyl (C=O) groups is 3. The molecular weight excluding hydrogens is 348 g/mol. The fourth-order valence-corrected chi connectivity index (χ4v) is 3.14. The molecule has 2 amide bonds. The van der Waals surface area contributed by atoms with Gasteiger partial charge in [-0.1, -0.05) is 32.0 Å². The predicted octanol–water partition coefficient (Wildman–Crippen LogP) is 2.05. The molecule has 27 heavy (non-hydrogen) atoms. The van der Waals surface area contributed by atoms with Crippen LogP contribution in [0.3, 0.4) is 0 Å². The monoisotopic (exact) mass is 372 g/mol. The second kappa shape index (κ2) is 7.92. The van der Waals surface area contributed by atoms with Crippen LogP contribution in [0, 0.1) is 5.92 Å². The Morgan fingerprint density at radius 1 is 1.26 bits per heavy atom. The van der Waals surface area contributed by atoms with Crippen LogP contribution in [0.15, 0.2) is 34.7 Å². The average molecular weight is 372 g/mol. The number of hydrogen-bond acceptors (Lipinski definition) is 5. The summed E-state index contributed by atoms with van der Waals surface area (Å²) in [6.07, 6.45) is 0.0562. The van der Waals surface area contributed by atoms with Gasteiger partial charge in [-0.2, -0.15) is 0 Å². The van der Waals surface area contributed by atoms with Crippen molar-refractivity contribution in [3.8, 4) is 0 Å². The van der Waals surface area contributed by atoms with Gasteiger partial charge in [0, 0.05) is 5.39 Å². The van der Waals surface area contributed by atoms with Crippen LogP contribution >= 0.6 is 0 Å². The van der Waals surface area contributed by atoms with Gasteiger partial charge in [-0.3, -0.25) is 14.4 Å². The van der Waals surface area contributed by atoms with Gasteiger partial charge in [0.25, 0.3) is 5.91 Å². The highest BCUT2D eigenvalue weighted by molar-refractivity contribution is 5.99. The molecule has 0 spiro atoms. The summed E-state index contributed by atoms with van der Waals surface area (Å²) < 4.78 is 10.8. The van der Waals surface area contributed by atoms with Crippen molar-refractivity contribution >= 4 is 28.6 Å². The molecule has 1 fully saturated rings. The van der Waals surface area contributed by atoms with Crippen molar-refractivity contribution in [3.05, 3.63) is 36.1 Å². The minimum absolute atomic E-state index is 0.00763. The van der Waals surface area contributed by atoms with Crippen LogP contribution in [0.1, 0.15) is 37.7 Å². The third-order valence-corrected chi connectivity index (χ3v) is 4.58. The van der Waals surface area contributed by atoms with E-state index in [-0.39, 0.29) is 30.2 Å². The lowest BCUT2D eigenvalue weighted by Gasteiger charge is -2.22. The van der Waals surface area contributed by atoms with Crippen LogP contribution in [0.2, 0.25) is 0 Å². The van der Waals surface area contributed by atoms with Crippen LogP contribution in [0.4, 0.5) is 0 Å². The second-order valence-electron chi connectivity index (χ2n) is 7.27. The first-order chi connectivity index (χ1) is 12.8. The summed E-state index contributed by atoms with van der Waals surface area (Å²) in [5.74, 6) is -0.711. The van der Waals surface area contributed by atoms with Gasteiger partial charge < -0.3 is 19.8 Å². The molecule has 3 atom stereocenters. The number of fused-ring (bicyclic) bond motifs is 1. The lowest BCUT2D eigenvalue weighted by molar-refractivity contribution is -0.127. The van der Waals surface area contributed by atoms with Gasteiger partial charge in [0.2, 0.25) is 5.91 Å². The van der Waals surface area contributed by atoms with Crippen molar-refractivity contribution in [2.24, 2.45) is 5.92 Å². The summed E-state index contributed by atoms with van der Waals surface area (Å²) in [5.41, 5.74) is 0.607. The SMILES string of the molecule is CC(C)C[C@H](NC(=O)c1cc2ccccc2o1)C(=O)N[C@@H]1C(=O)CO[C@@H]1C. The molecule has 7 nitrogen and oxygen atoms in total. The molecule has 0 radical (unpaired) electrons. The molecule has 2 N–H and O–H groups in total. The Kier molecular flexibility index (Phi) is 5.60. The first-order valence-corrected chi connectivity index (χ1v) is 9.09. The van der Waals surface area contributed by atoms with Crippen molar-refractivity contribution in [3.63, 3.8) is 0 Å². The molecule has 144 valence electrons. The first kappa shape index (κ1) is 19.1. The molecule has 1 aliphatic rings. The van der Waals surface area contributed by atoms with E-state index in [4.69, 9.17) is 9.15 Å². The summed E-state index contributed by atoms with van der Waals surface area (Å²) in [7, 11) is 0. The second-order valence-corrected chi connectivity index (χ2v) is 7.27. The number of ether oxygens (including phenoxy) is 1. The van der Waals surface area contributed by atoms with Crippen LogP contribution in [0.5, 0.6) is 0 Å². The minimum atomic E-state index is -0.772. The fourth-order valence-electron chi connectivity index (χ4n) is 3.14. The van der Waals surface area contributed by atoms with Gasteiger partial charge >= 0.3 is 0 Å². The molecule has 1 aliphatic heterocycles. The molecule has 1 saturated heterocycles. The molecule has 2 aromatic rings. The highest BCUT2D eigenvalue weighted by Crippen LogP contribution is 2.19. The normalized spacial score (nSPS) is 20.8. The fraction of sp³-hybridized carbons (Fsp3) is 0.450. The predicted molar refractivity (Wildman–Crippen MR) is 99.3 cm³/mol. The molecule has 7 heteroatoms. The minimum Gasteiger partial charge on any atom is -0.451 e. The molecule has 2 heterocycles. The van der Waals surface area contributed by atoms with Crippen molar-refractivity contribution in [2.75, 3.05) is 6.61 Å². The standard InChI is InChI=1S/C20H24N2O5/c1-11(2)8-14(19(24)22-18-12(3)26-10-15(18)23)21-20(25)17-9-13-6-4-5-7-16(13)27-17/h4-7,9,11-12,14,18H,8,10H2,1-3H3,(H,21,25)(H,22,24)/t12-,14+,18+/m1/s1. The first-order valence-electron chi connectivity index (χ1n) is 9.09. The van der Waals surface area contributed by atoms with Crippen molar-refractivity contribution in [1.82, 2.24) is 10.6 Å². The molecule has 1 aromatic carbocycles. The zero-order valence-electron chi connectivity index (χ0n) is 15.7. The largest absolute Gasteiger partial charge is 0.451 e. The zero-order valence-corrected chi connectivity index (χ0v) is 15.7. The van der Waals surface area contributed by atoms with Gasteiger partial charge in [0.05, 0.1) is 6.10 Å². The number of amides is 2. The molecule has 0 unspecified atom stereocenters. The van der Waals surface area contributed by atoms with E-state index in [9.17, 15) is 14.4 Å². The van der Waals surface area contributed by atoms with Gasteiger partial charge in [0.15, 0.2) is 11.5 Å². The summed E-state index contributed by atoms with van der Waals surface area (Å²) in [4.78, 5) is 37.2. The molecule has 3 rings (SSSR count). The third-order valence-electron chi connectivity index (χ3n) is 4.58. The van der Waals surface area contributed by atoms with Crippen molar-refractivity contribution < 1.29 is 23.5 Å². The summed E-state index contributed by atoms with van der Waals surface area (Å²) in [5, 5.41) is 6.26. The molecule has 1 aromatic heterocycles. The maximum atomic E-state index is 12.7. The van der Waals surface area contributed by atoms with Crippen molar-refractivity contribution in [1.29, 1.82) is 0 Å². The molecule has 0 bridgehead atoms. The Hall–Kier alpha value is -2.67. The van der Waals surface area contributed by atoms with E-state index in [0.29, 0.717) is 12.0 Å². The van der Waals surface area contributed by atoms with Gasteiger partial charge in [-0.05, 0) is 31.4 Å². The maximum absolute atomic E-state index is 12.7. The van der Waals surface area contributed by atoms with E-state index in [1.54, 1.807) is 19.1 Å². The van der Waals surface area contributed by atoms with E-state index in [1.165, 1.54) is 0 Å². The highest BCUT2D eigenvalue weighted by atomic mass is 16.5. The quantitative estimate of drug-likeness (QED) is 0.809. The maximum Gasteiger partial charge on any atom is 0.287 e. The van der Waals surface area contributed by atoms with Crippen LogP contribution in [-0.2, 0) is 14.3 Å². The lowest BCUT2D eigenvalue weighted by atomic mass is 10.0. The lowest BCUT2D eigenvalue weighted by Crippen LogP contribution is -2.53. The molecular formula is C20H24N2O5. The van der Waals surface area contributed by atoms with E-state index < -0.39 is 23.9 Å². The van der Waals surface area contributed by atoms with E-state index in [1.807, 2.05) is 32.0 Å². The number of nitrogens with one attached hydrogen (secondary N) is 2. The Labute approximate surface area is 157 Å². The summed E-state index contributed by atoms with van der Waals surface area (Å²) >= 11 is 0. The van der Waals surface area contributed by atoms with Gasteiger partial charge in [-0.25, -0.2) is 0 Å². The average Bonchev–Trinajstić information content (AvgIpc) is 3.19. The Morgan fingerprint density at radius 2 is 2.00 bits per heavy atom. The zero-order chi connectivity index (χ0) is 19.6. The smallest absolute Gasteiger partial charge is 0.287 e. The third kappa shape index (κ3) is 4.36. The number of rotatable bonds is 6. The number of benzene rings is 1. The topological polar surface area (TPSA) is 97.6 Å². The molecule has 0 aliphatic carbocycles. The molecule has 0 saturated carbocycles. The van der Waals surface area contributed by atoms with E-state index >= 15 is 0 Å². The number of ketones is 1. The number of Topliss-reactive ketones (excluding diaryl/α,β-unsaturated/α-hetero) is 1. The summed E-state index contributed by atoms with van der Waals surface area (Å²) in [6, 6.07) is 7.49. The highest BCUT2D eigenvalue weighted by Gasteiger charge is 2.36. The van der Waals surface area contributed by atoms with Crippen molar-refractivity contribution in [2.45, 2.75) is 45.4 Å². The Balaban J connectivity index is 1.72. The van der Waals surface area contributed by atoms with Crippen LogP contribution in [0.25, 0.3) is 11.0 Å². The van der Waals surface area contributed by atoms with E-state index in [2.05, 4.69) is 10.6 Å².